The molecule has 0 fully saturated rings. The van der Waals surface area contributed by atoms with Gasteiger partial charge >= 0.3 is 6.09 Å². The minimum atomic E-state index is -0.453. The molecule has 0 radical (unpaired) electrons. The monoisotopic (exact) mass is 247 g/mol. The smallest absolute Gasteiger partial charge is 0.407 e. The number of aliphatic hydroxyl groups is 1. The molecule has 0 atom stereocenters. The van der Waals surface area contributed by atoms with Gasteiger partial charge in [0, 0.05) is 32.7 Å². The van der Waals surface area contributed by atoms with E-state index in [1.165, 1.54) is 0 Å². The van der Waals surface area contributed by atoms with Crippen molar-refractivity contribution in [3.63, 3.8) is 0 Å². The average molecular weight is 247 g/mol. The lowest BCUT2D eigenvalue weighted by Gasteiger charge is -2.19. The first-order valence-corrected chi connectivity index (χ1v) is 5.95. The summed E-state index contributed by atoms with van der Waals surface area (Å²) >= 11 is 0. The maximum Gasteiger partial charge on any atom is 0.407 e. The zero-order valence-electron chi connectivity index (χ0n) is 11.0. The third-order valence-corrected chi connectivity index (χ3v) is 1.74. The molecule has 0 unspecified atom stereocenters. The molecule has 0 aromatic carbocycles. The summed E-state index contributed by atoms with van der Waals surface area (Å²) in [4.78, 5) is 11.2. The summed E-state index contributed by atoms with van der Waals surface area (Å²) in [5.41, 5.74) is -0.453. The molecule has 6 nitrogen and oxygen atoms in total. The Hall–Kier alpha value is -0.850. The molecule has 17 heavy (non-hydrogen) atoms. The summed E-state index contributed by atoms with van der Waals surface area (Å²) in [6.07, 6.45) is -0.391. The Bertz CT molecular complexity index is 205. The molecule has 0 rings (SSSR count). The minimum Gasteiger partial charge on any atom is -0.444 e. The van der Waals surface area contributed by atoms with Crippen molar-refractivity contribution >= 4 is 6.09 Å². The highest BCUT2D eigenvalue weighted by Gasteiger charge is 2.15. The van der Waals surface area contributed by atoms with Crippen molar-refractivity contribution in [3.05, 3.63) is 0 Å². The lowest BCUT2D eigenvalue weighted by molar-refractivity contribution is 0.0528. The molecule has 0 heterocycles. The first kappa shape index (κ1) is 16.1. The first-order valence-electron chi connectivity index (χ1n) is 5.95. The largest absolute Gasteiger partial charge is 0.444 e. The second-order valence-electron chi connectivity index (χ2n) is 4.65. The van der Waals surface area contributed by atoms with Crippen LogP contribution in [0.1, 0.15) is 20.8 Å². The van der Waals surface area contributed by atoms with E-state index >= 15 is 0 Å². The normalized spacial score (nSPS) is 11.3. The van der Waals surface area contributed by atoms with Crippen LogP contribution in [0.2, 0.25) is 0 Å². The van der Waals surface area contributed by atoms with Gasteiger partial charge in [0.2, 0.25) is 0 Å². The van der Waals surface area contributed by atoms with Gasteiger partial charge in [-0.1, -0.05) is 0 Å². The third-order valence-electron chi connectivity index (χ3n) is 1.74. The Morgan fingerprint density at radius 2 is 1.59 bits per heavy atom. The van der Waals surface area contributed by atoms with Crippen LogP contribution in [0.15, 0.2) is 0 Å². The van der Waals surface area contributed by atoms with Crippen molar-refractivity contribution in [2.75, 3.05) is 39.3 Å². The van der Waals surface area contributed by atoms with Gasteiger partial charge in [0.15, 0.2) is 0 Å². The molecule has 4 N–H and O–H groups in total. The van der Waals surface area contributed by atoms with Gasteiger partial charge in [-0.05, 0) is 20.8 Å². The fourth-order valence-corrected chi connectivity index (χ4v) is 1.07. The summed E-state index contributed by atoms with van der Waals surface area (Å²) < 4.78 is 5.08. The number of carbonyl (C=O) groups is 1. The van der Waals surface area contributed by atoms with Crippen molar-refractivity contribution in [1.82, 2.24) is 16.0 Å². The summed E-state index contributed by atoms with van der Waals surface area (Å²) in [5.74, 6) is 0. The molecule has 0 aromatic rings. The van der Waals surface area contributed by atoms with E-state index in [0.717, 1.165) is 13.1 Å². The Balaban J connectivity index is 3.25. The molecular formula is C11H25N3O3. The van der Waals surface area contributed by atoms with Crippen molar-refractivity contribution < 1.29 is 14.6 Å². The van der Waals surface area contributed by atoms with Crippen molar-refractivity contribution in [2.24, 2.45) is 0 Å². The minimum absolute atomic E-state index is 0.153. The predicted molar refractivity (Wildman–Crippen MR) is 67.1 cm³/mol. The second-order valence-corrected chi connectivity index (χ2v) is 4.65. The summed E-state index contributed by atoms with van der Waals surface area (Å²) in [6.45, 7) is 9.09. The molecule has 6 heteroatoms. The molecule has 0 aliphatic heterocycles. The summed E-state index contributed by atoms with van der Waals surface area (Å²) in [5, 5.41) is 17.4. The molecule has 0 spiro atoms. The van der Waals surface area contributed by atoms with Crippen LogP contribution >= 0.6 is 0 Å². The van der Waals surface area contributed by atoms with E-state index in [9.17, 15) is 4.79 Å². The third kappa shape index (κ3) is 13.1. The van der Waals surface area contributed by atoms with Crippen LogP contribution in [-0.4, -0.2) is 56.1 Å². The molecule has 0 aromatic heterocycles. The number of nitrogens with one attached hydrogen (secondary N) is 3. The maximum atomic E-state index is 11.2. The number of rotatable bonds is 8. The van der Waals surface area contributed by atoms with Crippen molar-refractivity contribution in [1.29, 1.82) is 0 Å². The molecule has 102 valence electrons. The highest BCUT2D eigenvalue weighted by atomic mass is 16.6. The highest BCUT2D eigenvalue weighted by Crippen LogP contribution is 2.05. The fourth-order valence-electron chi connectivity index (χ4n) is 1.07. The van der Waals surface area contributed by atoms with Crippen molar-refractivity contribution in [2.45, 2.75) is 26.4 Å². The second kappa shape index (κ2) is 9.21. The lowest BCUT2D eigenvalue weighted by Crippen LogP contribution is -2.38. The van der Waals surface area contributed by atoms with E-state index < -0.39 is 11.7 Å². The Morgan fingerprint density at radius 3 is 2.12 bits per heavy atom. The van der Waals surface area contributed by atoms with Crippen molar-refractivity contribution in [3.8, 4) is 0 Å². The van der Waals surface area contributed by atoms with Crippen LogP contribution in [0.5, 0.6) is 0 Å². The summed E-state index contributed by atoms with van der Waals surface area (Å²) in [6, 6.07) is 0. The zero-order chi connectivity index (χ0) is 13.1. The SMILES string of the molecule is CC(C)(C)OC(=O)NCCNCCNCCO. The molecule has 0 aliphatic carbocycles. The van der Waals surface area contributed by atoms with Gasteiger partial charge < -0.3 is 25.8 Å². The first-order chi connectivity index (χ1) is 7.95. The van der Waals surface area contributed by atoms with Crippen LogP contribution in [0.3, 0.4) is 0 Å². The quantitative estimate of drug-likeness (QED) is 0.442. The number of carbonyl (C=O) groups excluding carboxylic acids is 1. The number of amides is 1. The standard InChI is InChI=1S/C11H25N3O3/c1-11(2,3)17-10(16)14-7-6-12-4-5-13-8-9-15/h12-13,15H,4-9H2,1-3H3,(H,14,16). The zero-order valence-corrected chi connectivity index (χ0v) is 11.0. The van der Waals surface area contributed by atoms with Crippen LogP contribution in [0.25, 0.3) is 0 Å². The van der Waals surface area contributed by atoms with E-state index in [1.54, 1.807) is 0 Å². The van der Waals surface area contributed by atoms with Gasteiger partial charge in [-0.15, -0.1) is 0 Å². The predicted octanol–water partition coefficient (Wildman–Crippen LogP) is -0.317. The molecular weight excluding hydrogens is 222 g/mol. The van der Waals surface area contributed by atoms with E-state index in [0.29, 0.717) is 19.6 Å². The van der Waals surface area contributed by atoms with Gasteiger partial charge in [0.05, 0.1) is 6.61 Å². The molecule has 1 amide bonds. The number of hydrogen-bond donors (Lipinski definition) is 4. The van der Waals surface area contributed by atoms with Crippen LogP contribution in [0, 0.1) is 0 Å². The van der Waals surface area contributed by atoms with Gasteiger partial charge in [0.25, 0.3) is 0 Å². The van der Waals surface area contributed by atoms with E-state index in [-0.39, 0.29) is 6.61 Å². The number of aliphatic hydroxyl groups excluding tert-OH is 1. The molecule has 0 saturated carbocycles. The number of ether oxygens (including phenoxy) is 1. The van der Waals surface area contributed by atoms with Crippen LogP contribution in [-0.2, 0) is 4.74 Å². The summed E-state index contributed by atoms with van der Waals surface area (Å²) in [7, 11) is 0. The number of alkyl carbamates (subject to hydrolysis) is 1. The Morgan fingerprint density at radius 1 is 1.06 bits per heavy atom. The van der Waals surface area contributed by atoms with Crippen LogP contribution in [0.4, 0.5) is 4.79 Å². The average Bonchev–Trinajstić information content (AvgIpc) is 2.19. The maximum absolute atomic E-state index is 11.2. The highest BCUT2D eigenvalue weighted by molar-refractivity contribution is 5.67. The van der Waals surface area contributed by atoms with Gasteiger partial charge in [-0.2, -0.15) is 0 Å². The van der Waals surface area contributed by atoms with Gasteiger partial charge in [-0.25, -0.2) is 4.79 Å². The van der Waals surface area contributed by atoms with E-state index in [4.69, 9.17) is 9.84 Å². The topological polar surface area (TPSA) is 82.6 Å². The van der Waals surface area contributed by atoms with E-state index in [1.807, 2.05) is 20.8 Å². The Labute approximate surface area is 103 Å². The number of hydrogen-bond acceptors (Lipinski definition) is 5. The van der Waals surface area contributed by atoms with Gasteiger partial charge in [-0.3, -0.25) is 0 Å². The lowest BCUT2D eigenvalue weighted by atomic mass is 10.2. The van der Waals surface area contributed by atoms with Crippen LogP contribution < -0.4 is 16.0 Å². The van der Waals surface area contributed by atoms with E-state index in [2.05, 4.69) is 16.0 Å². The molecule has 0 saturated heterocycles. The Kier molecular flexibility index (Phi) is 8.75. The van der Waals surface area contributed by atoms with Gasteiger partial charge in [0.1, 0.15) is 5.60 Å². The molecule has 0 aliphatic rings. The molecule has 0 bridgehead atoms. The fraction of sp³-hybridized carbons (Fsp3) is 0.909.